The average molecular weight is 301 g/mol. The molecule has 0 aromatic heterocycles. The van der Waals surface area contributed by atoms with Crippen molar-refractivity contribution < 1.29 is 17.9 Å². The SMILES string of the molecule is Cc1ccc(Oc2ccc(C(F)(F)F)cc2Cl)cc1C. The number of benzene rings is 2. The van der Waals surface area contributed by atoms with Crippen molar-refractivity contribution in [1.29, 1.82) is 0 Å². The van der Waals surface area contributed by atoms with Crippen LogP contribution in [0.25, 0.3) is 0 Å². The predicted molar refractivity (Wildman–Crippen MR) is 72.4 cm³/mol. The number of aryl methyl sites for hydroxylation is 2. The minimum Gasteiger partial charge on any atom is -0.456 e. The second-order valence-corrected chi connectivity index (χ2v) is 4.90. The van der Waals surface area contributed by atoms with Crippen LogP contribution in [-0.2, 0) is 6.18 Å². The van der Waals surface area contributed by atoms with Gasteiger partial charge in [0.25, 0.3) is 0 Å². The van der Waals surface area contributed by atoms with Crippen LogP contribution < -0.4 is 4.74 Å². The van der Waals surface area contributed by atoms with Crippen LogP contribution in [0.4, 0.5) is 13.2 Å². The molecule has 5 heteroatoms. The Morgan fingerprint density at radius 3 is 2.20 bits per heavy atom. The summed E-state index contributed by atoms with van der Waals surface area (Å²) in [6.45, 7) is 3.89. The molecule has 0 aliphatic rings. The lowest BCUT2D eigenvalue weighted by Gasteiger charge is -2.12. The Kier molecular flexibility index (Phi) is 3.95. The molecule has 0 amide bonds. The second kappa shape index (κ2) is 5.37. The van der Waals surface area contributed by atoms with Gasteiger partial charge in [-0.2, -0.15) is 13.2 Å². The topological polar surface area (TPSA) is 9.23 Å². The van der Waals surface area contributed by atoms with Gasteiger partial charge in [0.05, 0.1) is 10.6 Å². The van der Waals surface area contributed by atoms with Crippen LogP contribution in [0, 0.1) is 13.8 Å². The fourth-order valence-corrected chi connectivity index (χ4v) is 1.88. The maximum atomic E-state index is 12.5. The van der Waals surface area contributed by atoms with E-state index in [0.717, 1.165) is 23.3 Å². The summed E-state index contributed by atoms with van der Waals surface area (Å²) >= 11 is 5.83. The highest BCUT2D eigenvalue weighted by molar-refractivity contribution is 6.32. The van der Waals surface area contributed by atoms with Gasteiger partial charge in [0.1, 0.15) is 11.5 Å². The van der Waals surface area contributed by atoms with Crippen molar-refractivity contribution in [3.63, 3.8) is 0 Å². The lowest BCUT2D eigenvalue weighted by atomic mass is 10.1. The Labute approximate surface area is 119 Å². The van der Waals surface area contributed by atoms with Gasteiger partial charge < -0.3 is 4.74 Å². The Hall–Kier alpha value is -1.68. The van der Waals surface area contributed by atoms with Crippen molar-refractivity contribution in [2.24, 2.45) is 0 Å². The normalized spacial score (nSPS) is 11.5. The zero-order valence-electron chi connectivity index (χ0n) is 10.9. The molecule has 0 radical (unpaired) electrons. The fourth-order valence-electron chi connectivity index (χ4n) is 1.66. The van der Waals surface area contributed by atoms with Crippen molar-refractivity contribution in [3.05, 3.63) is 58.1 Å². The maximum Gasteiger partial charge on any atom is 0.416 e. The molecule has 0 atom stereocenters. The molecule has 0 aliphatic carbocycles. The van der Waals surface area contributed by atoms with E-state index in [1.54, 1.807) is 6.07 Å². The summed E-state index contributed by atoms with van der Waals surface area (Å²) in [7, 11) is 0. The van der Waals surface area contributed by atoms with E-state index < -0.39 is 11.7 Å². The summed E-state index contributed by atoms with van der Waals surface area (Å²) in [6.07, 6.45) is -4.41. The highest BCUT2D eigenvalue weighted by atomic mass is 35.5. The van der Waals surface area contributed by atoms with Crippen LogP contribution in [0.15, 0.2) is 36.4 Å². The third kappa shape index (κ3) is 3.25. The maximum absolute atomic E-state index is 12.5. The molecule has 0 N–H and O–H groups in total. The summed E-state index contributed by atoms with van der Waals surface area (Å²) in [5.74, 6) is 0.734. The van der Waals surface area contributed by atoms with Crippen LogP contribution >= 0.6 is 11.6 Å². The zero-order valence-corrected chi connectivity index (χ0v) is 11.6. The van der Waals surface area contributed by atoms with Gasteiger partial charge in [0, 0.05) is 0 Å². The molecule has 0 unspecified atom stereocenters. The van der Waals surface area contributed by atoms with Gasteiger partial charge in [-0.3, -0.25) is 0 Å². The smallest absolute Gasteiger partial charge is 0.416 e. The standard InChI is InChI=1S/C15H12ClF3O/c1-9-3-5-12(7-10(9)2)20-14-6-4-11(8-13(14)16)15(17,18)19/h3-8H,1-2H3. The van der Waals surface area contributed by atoms with Gasteiger partial charge in [0.15, 0.2) is 0 Å². The minimum atomic E-state index is -4.41. The first-order valence-corrected chi connectivity index (χ1v) is 6.27. The highest BCUT2D eigenvalue weighted by Gasteiger charge is 2.31. The Morgan fingerprint density at radius 1 is 0.950 bits per heavy atom. The third-order valence-corrected chi connectivity index (χ3v) is 3.26. The molecular weight excluding hydrogens is 289 g/mol. The van der Waals surface area contributed by atoms with Crippen LogP contribution in [0.2, 0.25) is 5.02 Å². The van der Waals surface area contributed by atoms with Crippen molar-refractivity contribution in [2.45, 2.75) is 20.0 Å². The molecule has 0 aliphatic heterocycles. The molecule has 0 spiro atoms. The minimum absolute atomic E-state index is 0.0712. The monoisotopic (exact) mass is 300 g/mol. The summed E-state index contributed by atoms with van der Waals surface area (Å²) in [5.41, 5.74) is 1.34. The molecular formula is C15H12ClF3O. The molecule has 0 saturated carbocycles. The number of hydrogen-bond acceptors (Lipinski definition) is 1. The molecule has 2 aromatic carbocycles. The molecule has 1 nitrogen and oxygen atoms in total. The van der Waals surface area contributed by atoms with E-state index >= 15 is 0 Å². The number of ether oxygens (including phenoxy) is 1. The first-order chi connectivity index (χ1) is 9.27. The predicted octanol–water partition coefficient (Wildman–Crippen LogP) is 5.77. The number of rotatable bonds is 2. The quantitative estimate of drug-likeness (QED) is 0.684. The van der Waals surface area contributed by atoms with Gasteiger partial charge >= 0.3 is 6.18 Å². The lowest BCUT2D eigenvalue weighted by molar-refractivity contribution is -0.137. The van der Waals surface area contributed by atoms with Crippen molar-refractivity contribution in [2.75, 3.05) is 0 Å². The van der Waals surface area contributed by atoms with Gasteiger partial charge in [-0.15, -0.1) is 0 Å². The van der Waals surface area contributed by atoms with E-state index in [-0.39, 0.29) is 10.8 Å². The van der Waals surface area contributed by atoms with Gasteiger partial charge in [-0.25, -0.2) is 0 Å². The van der Waals surface area contributed by atoms with E-state index in [1.165, 1.54) is 6.07 Å². The molecule has 0 saturated heterocycles. The van der Waals surface area contributed by atoms with Crippen LogP contribution in [0.5, 0.6) is 11.5 Å². The van der Waals surface area contributed by atoms with Gasteiger partial charge in [0.2, 0.25) is 0 Å². The molecule has 0 bridgehead atoms. The molecule has 20 heavy (non-hydrogen) atoms. The molecule has 2 aromatic rings. The summed E-state index contributed by atoms with van der Waals surface area (Å²) < 4.78 is 43.1. The number of hydrogen-bond donors (Lipinski definition) is 0. The largest absolute Gasteiger partial charge is 0.456 e. The lowest BCUT2D eigenvalue weighted by Crippen LogP contribution is -2.04. The van der Waals surface area contributed by atoms with E-state index in [0.29, 0.717) is 5.75 Å². The first kappa shape index (κ1) is 14.7. The van der Waals surface area contributed by atoms with Crippen LogP contribution in [0.1, 0.15) is 16.7 Å². The summed E-state index contributed by atoms with van der Waals surface area (Å²) in [6, 6.07) is 8.46. The van der Waals surface area contributed by atoms with E-state index in [1.807, 2.05) is 26.0 Å². The zero-order chi connectivity index (χ0) is 14.9. The van der Waals surface area contributed by atoms with Gasteiger partial charge in [-0.1, -0.05) is 17.7 Å². The average Bonchev–Trinajstić information content (AvgIpc) is 2.35. The third-order valence-electron chi connectivity index (χ3n) is 2.97. The molecule has 106 valence electrons. The fraction of sp³-hybridized carbons (Fsp3) is 0.200. The second-order valence-electron chi connectivity index (χ2n) is 4.49. The highest BCUT2D eigenvalue weighted by Crippen LogP contribution is 2.36. The molecule has 0 fully saturated rings. The Bertz CT molecular complexity index is 636. The molecule has 0 heterocycles. The Balaban J connectivity index is 2.28. The van der Waals surface area contributed by atoms with E-state index in [9.17, 15) is 13.2 Å². The van der Waals surface area contributed by atoms with Crippen molar-refractivity contribution in [3.8, 4) is 11.5 Å². The van der Waals surface area contributed by atoms with Crippen molar-refractivity contribution >= 4 is 11.6 Å². The Morgan fingerprint density at radius 2 is 1.65 bits per heavy atom. The number of halogens is 4. The molecule has 2 rings (SSSR count). The summed E-state index contributed by atoms with van der Waals surface area (Å²) in [5, 5.41) is -0.0712. The van der Waals surface area contributed by atoms with Crippen LogP contribution in [0.3, 0.4) is 0 Å². The van der Waals surface area contributed by atoms with Gasteiger partial charge in [-0.05, 0) is 55.3 Å². The summed E-state index contributed by atoms with van der Waals surface area (Å²) in [4.78, 5) is 0. The van der Waals surface area contributed by atoms with E-state index in [4.69, 9.17) is 16.3 Å². The van der Waals surface area contributed by atoms with Crippen molar-refractivity contribution in [1.82, 2.24) is 0 Å². The van der Waals surface area contributed by atoms with E-state index in [2.05, 4.69) is 0 Å². The first-order valence-electron chi connectivity index (χ1n) is 5.89. The van der Waals surface area contributed by atoms with Crippen LogP contribution in [-0.4, -0.2) is 0 Å². The number of alkyl halides is 3.